The number of hydrogen-bond donors (Lipinski definition) is 1. The van der Waals surface area contributed by atoms with E-state index in [1.807, 2.05) is 34.8 Å². The van der Waals surface area contributed by atoms with Crippen LogP contribution in [-0.4, -0.2) is 67.8 Å². The fourth-order valence-electron chi connectivity index (χ4n) is 3.33. The number of alkyl halides is 3. The minimum absolute atomic E-state index is 0.0648. The second-order valence-corrected chi connectivity index (χ2v) is 7.68. The molecule has 12 heteroatoms. The number of carboxylic acid groups (broad SMARTS) is 1. The molecular formula is C20H24F3N5O4. The highest BCUT2D eigenvalue weighted by atomic mass is 19.4. The van der Waals surface area contributed by atoms with E-state index in [-0.39, 0.29) is 11.9 Å². The van der Waals surface area contributed by atoms with Crippen LogP contribution in [0.2, 0.25) is 0 Å². The minimum Gasteiger partial charge on any atom is -0.475 e. The number of halogens is 3. The Morgan fingerprint density at radius 2 is 1.97 bits per heavy atom. The topological polar surface area (TPSA) is 110 Å². The molecule has 1 atom stereocenters. The Balaban J connectivity index is 0.000000360. The molecule has 9 nitrogen and oxygen atoms in total. The Kier molecular flexibility index (Phi) is 7.44. The van der Waals surface area contributed by atoms with Gasteiger partial charge in [0.05, 0.1) is 18.7 Å². The number of aliphatic carboxylic acids is 1. The van der Waals surface area contributed by atoms with Gasteiger partial charge in [0.15, 0.2) is 0 Å². The lowest BCUT2D eigenvalue weighted by Crippen LogP contribution is -2.43. The normalized spacial score (nSPS) is 17.9. The molecule has 0 spiro atoms. The lowest BCUT2D eigenvalue weighted by molar-refractivity contribution is -0.192. The maximum Gasteiger partial charge on any atom is 0.490 e. The van der Waals surface area contributed by atoms with Crippen LogP contribution in [0.1, 0.15) is 36.0 Å². The minimum atomic E-state index is -5.08. The zero-order chi connectivity index (χ0) is 23.3. The van der Waals surface area contributed by atoms with Gasteiger partial charge in [0.1, 0.15) is 11.7 Å². The number of carbonyl (C=O) groups is 2. The zero-order valence-electron chi connectivity index (χ0n) is 17.5. The highest BCUT2D eigenvalue weighted by Crippen LogP contribution is 2.31. The number of pyridine rings is 1. The number of fused-ring (bicyclic) bond motifs is 1. The van der Waals surface area contributed by atoms with Crippen LogP contribution in [0.25, 0.3) is 0 Å². The van der Waals surface area contributed by atoms with Gasteiger partial charge in [-0.15, -0.1) is 5.10 Å². The molecule has 0 aromatic carbocycles. The molecule has 2 aliphatic rings. The van der Waals surface area contributed by atoms with Gasteiger partial charge >= 0.3 is 12.1 Å². The predicted octanol–water partition coefficient (Wildman–Crippen LogP) is 1.94. The molecule has 0 bridgehead atoms. The van der Waals surface area contributed by atoms with Crippen molar-refractivity contribution in [2.24, 2.45) is 13.0 Å². The second kappa shape index (κ2) is 10.1. The summed E-state index contributed by atoms with van der Waals surface area (Å²) in [7, 11) is 1.90. The van der Waals surface area contributed by atoms with E-state index < -0.39 is 12.1 Å². The first-order valence-corrected chi connectivity index (χ1v) is 10.1. The highest BCUT2D eigenvalue weighted by molar-refractivity contribution is 5.79. The predicted molar refractivity (Wildman–Crippen MR) is 104 cm³/mol. The Labute approximate surface area is 182 Å². The molecule has 1 saturated carbocycles. The average Bonchev–Trinajstić information content (AvgIpc) is 3.49. The third-order valence-electron chi connectivity index (χ3n) is 5.20. The van der Waals surface area contributed by atoms with Gasteiger partial charge in [-0.3, -0.25) is 14.5 Å². The molecule has 2 aromatic rings. The maximum absolute atomic E-state index is 12.9. The Morgan fingerprint density at radius 3 is 2.56 bits per heavy atom. The van der Waals surface area contributed by atoms with E-state index in [4.69, 9.17) is 14.6 Å². The number of aromatic nitrogens is 4. The van der Waals surface area contributed by atoms with Crippen molar-refractivity contribution in [1.29, 1.82) is 0 Å². The molecule has 1 amide bonds. The SMILES string of the molecule is Cn1nnc2c1CCN(C(=O)Cc1ccccn1)C2COCC1CC1.O=C(O)C(F)(F)F. The molecule has 1 aliphatic heterocycles. The fraction of sp³-hybridized carbons (Fsp3) is 0.550. The lowest BCUT2D eigenvalue weighted by atomic mass is 10.0. The number of rotatable bonds is 6. The molecule has 1 aliphatic carbocycles. The van der Waals surface area contributed by atoms with Crippen molar-refractivity contribution in [2.75, 3.05) is 19.8 Å². The monoisotopic (exact) mass is 455 g/mol. The summed E-state index contributed by atoms with van der Waals surface area (Å²) in [6, 6.07) is 5.49. The van der Waals surface area contributed by atoms with Gasteiger partial charge in [-0.25, -0.2) is 4.79 Å². The summed E-state index contributed by atoms with van der Waals surface area (Å²) in [5.41, 5.74) is 2.76. The van der Waals surface area contributed by atoms with Crippen molar-refractivity contribution in [3.05, 3.63) is 41.5 Å². The van der Waals surface area contributed by atoms with Crippen molar-refractivity contribution in [3.8, 4) is 0 Å². The smallest absolute Gasteiger partial charge is 0.475 e. The largest absolute Gasteiger partial charge is 0.490 e. The van der Waals surface area contributed by atoms with Crippen molar-refractivity contribution < 1.29 is 32.6 Å². The molecule has 1 unspecified atom stereocenters. The number of amides is 1. The Bertz CT molecular complexity index is 931. The third-order valence-corrected chi connectivity index (χ3v) is 5.20. The molecule has 32 heavy (non-hydrogen) atoms. The molecular weight excluding hydrogens is 431 g/mol. The van der Waals surface area contributed by atoms with Gasteiger partial charge in [-0.05, 0) is 30.9 Å². The summed E-state index contributed by atoms with van der Waals surface area (Å²) in [5, 5.41) is 15.6. The van der Waals surface area contributed by atoms with Crippen LogP contribution in [0.5, 0.6) is 0 Å². The molecule has 174 valence electrons. The first-order valence-electron chi connectivity index (χ1n) is 10.1. The molecule has 1 N–H and O–H groups in total. The summed E-state index contributed by atoms with van der Waals surface area (Å²) in [4.78, 5) is 27.9. The van der Waals surface area contributed by atoms with Crippen LogP contribution >= 0.6 is 0 Å². The number of hydrogen-bond acceptors (Lipinski definition) is 6. The number of aryl methyl sites for hydroxylation is 1. The van der Waals surface area contributed by atoms with Crippen molar-refractivity contribution >= 4 is 11.9 Å². The Hall–Kier alpha value is -3.02. The zero-order valence-corrected chi connectivity index (χ0v) is 17.5. The quantitative estimate of drug-likeness (QED) is 0.709. The first kappa shape index (κ1) is 23.6. The summed E-state index contributed by atoms with van der Waals surface area (Å²) < 4.78 is 39.5. The van der Waals surface area contributed by atoms with E-state index in [9.17, 15) is 18.0 Å². The number of ether oxygens (including phenoxy) is 1. The lowest BCUT2D eigenvalue weighted by Gasteiger charge is -2.34. The van der Waals surface area contributed by atoms with Gasteiger partial charge in [0, 0.05) is 38.5 Å². The first-order chi connectivity index (χ1) is 15.2. The molecule has 4 rings (SSSR count). The molecule has 0 radical (unpaired) electrons. The molecule has 1 fully saturated rings. The van der Waals surface area contributed by atoms with Gasteiger partial charge in [0.2, 0.25) is 5.91 Å². The van der Waals surface area contributed by atoms with E-state index in [2.05, 4.69) is 15.3 Å². The fourth-order valence-corrected chi connectivity index (χ4v) is 3.33. The summed E-state index contributed by atoms with van der Waals surface area (Å²) in [6.07, 6.45) is 0.212. The van der Waals surface area contributed by atoms with Gasteiger partial charge < -0.3 is 14.7 Å². The second-order valence-electron chi connectivity index (χ2n) is 7.68. The third kappa shape index (κ3) is 6.25. The van der Waals surface area contributed by atoms with E-state index >= 15 is 0 Å². The molecule has 0 saturated heterocycles. The van der Waals surface area contributed by atoms with Crippen molar-refractivity contribution in [1.82, 2.24) is 24.9 Å². The van der Waals surface area contributed by atoms with Crippen LogP contribution in [0.15, 0.2) is 24.4 Å². The summed E-state index contributed by atoms with van der Waals surface area (Å²) in [6.45, 7) is 1.92. The van der Waals surface area contributed by atoms with Crippen LogP contribution in [0.3, 0.4) is 0 Å². The average molecular weight is 455 g/mol. The van der Waals surface area contributed by atoms with Crippen LogP contribution in [0.4, 0.5) is 13.2 Å². The number of carbonyl (C=O) groups excluding carboxylic acids is 1. The summed E-state index contributed by atoms with van der Waals surface area (Å²) >= 11 is 0. The van der Waals surface area contributed by atoms with Crippen LogP contribution in [-0.2, 0) is 34.2 Å². The molecule has 3 heterocycles. The van der Waals surface area contributed by atoms with Crippen LogP contribution < -0.4 is 0 Å². The summed E-state index contributed by atoms with van der Waals surface area (Å²) in [5.74, 6) is -2.00. The highest BCUT2D eigenvalue weighted by Gasteiger charge is 2.38. The van der Waals surface area contributed by atoms with Gasteiger partial charge in [0.25, 0.3) is 0 Å². The van der Waals surface area contributed by atoms with E-state index in [0.29, 0.717) is 25.5 Å². The van der Waals surface area contributed by atoms with Gasteiger partial charge in [-0.1, -0.05) is 11.3 Å². The van der Waals surface area contributed by atoms with E-state index in [1.54, 1.807) is 6.20 Å². The standard InChI is InChI=1S/C18H23N5O2.C2HF3O2/c1-22-15-7-9-23(17(24)10-14-4-2-3-8-19-14)16(18(15)20-21-22)12-25-11-13-5-6-13;3-2(4,5)1(6)7/h2-4,8,13,16H,5-7,9-12H2,1H3;(H,6,7). The maximum atomic E-state index is 12.9. The van der Waals surface area contributed by atoms with E-state index in [0.717, 1.165) is 30.1 Å². The van der Waals surface area contributed by atoms with E-state index in [1.165, 1.54) is 12.8 Å². The van der Waals surface area contributed by atoms with Crippen molar-refractivity contribution in [3.63, 3.8) is 0 Å². The number of carboxylic acids is 1. The van der Waals surface area contributed by atoms with Crippen LogP contribution in [0, 0.1) is 5.92 Å². The molecule has 2 aromatic heterocycles. The Morgan fingerprint density at radius 1 is 1.25 bits per heavy atom. The van der Waals surface area contributed by atoms with Gasteiger partial charge in [-0.2, -0.15) is 13.2 Å². The van der Waals surface area contributed by atoms with Crippen molar-refractivity contribution in [2.45, 2.75) is 37.9 Å². The number of nitrogens with zero attached hydrogens (tertiary/aromatic N) is 5.